The van der Waals surface area contributed by atoms with E-state index in [4.69, 9.17) is 9.98 Å². The van der Waals surface area contributed by atoms with Crippen LogP contribution in [0.15, 0.2) is 80.1 Å². The maximum absolute atomic E-state index is 4.79. The first-order valence-electron chi connectivity index (χ1n) is 9.58. The fourth-order valence-electron chi connectivity index (χ4n) is 3.88. The van der Waals surface area contributed by atoms with Crippen LogP contribution < -0.4 is 0 Å². The van der Waals surface area contributed by atoms with Crippen molar-refractivity contribution in [2.75, 3.05) is 0 Å². The van der Waals surface area contributed by atoms with Crippen LogP contribution in [-0.2, 0) is 10.8 Å². The van der Waals surface area contributed by atoms with E-state index >= 15 is 0 Å². The van der Waals surface area contributed by atoms with Gasteiger partial charge in [0.2, 0.25) is 0 Å². The normalized spacial score (nSPS) is 23.3. The van der Waals surface area contributed by atoms with E-state index in [1.54, 1.807) is 0 Å². The molecular formula is C24H22N4. The summed E-state index contributed by atoms with van der Waals surface area (Å²) in [6.07, 6.45) is 3.70. The Balaban J connectivity index is 1.82. The molecule has 2 aromatic carbocycles. The molecule has 4 nitrogen and oxygen atoms in total. The summed E-state index contributed by atoms with van der Waals surface area (Å²) in [4.78, 5) is 18.6. The average Bonchev–Trinajstić information content (AvgIpc) is 3.37. The topological polar surface area (TPSA) is 49.4 Å². The Kier molecular flexibility index (Phi) is 3.45. The molecule has 2 aromatic rings. The molecule has 0 saturated carbocycles. The molecular weight excluding hydrogens is 344 g/mol. The highest BCUT2D eigenvalue weighted by Gasteiger charge is 2.33. The number of rotatable bonds is 0. The van der Waals surface area contributed by atoms with Crippen LogP contribution >= 0.6 is 0 Å². The predicted octanol–water partition coefficient (Wildman–Crippen LogP) is 5.10. The lowest BCUT2D eigenvalue weighted by atomic mass is 9.78. The summed E-state index contributed by atoms with van der Waals surface area (Å²) in [5.74, 6) is 1.18. The molecule has 0 saturated heterocycles. The van der Waals surface area contributed by atoms with E-state index in [1.165, 1.54) is 22.3 Å². The zero-order valence-electron chi connectivity index (χ0n) is 16.6. The quantitative estimate of drug-likeness (QED) is 0.623. The second-order valence-electron chi connectivity index (χ2n) is 8.57. The van der Waals surface area contributed by atoms with Gasteiger partial charge in [-0.2, -0.15) is 0 Å². The first kappa shape index (κ1) is 17.0. The lowest BCUT2D eigenvalue weighted by Crippen LogP contribution is -2.29. The Labute approximate surface area is 165 Å². The number of fused-ring (bicyclic) bond motifs is 7. The van der Waals surface area contributed by atoms with E-state index in [-0.39, 0.29) is 10.8 Å². The van der Waals surface area contributed by atoms with Gasteiger partial charge in [-0.3, -0.25) is 0 Å². The SMILES string of the molecule is CC1(C)C2=N/C(=C3/N=CC(=N3)C(C)(C)c3cccc(c3)-c3cccc1c3)N=C2. The van der Waals surface area contributed by atoms with Crippen LogP contribution in [0.1, 0.15) is 38.8 Å². The number of nitrogens with zero attached hydrogens (tertiary/aromatic N) is 4. The number of hydrogen-bond acceptors (Lipinski definition) is 4. The molecule has 3 aliphatic rings. The summed E-state index contributed by atoms with van der Waals surface area (Å²) in [5.41, 5.74) is 6.15. The fourth-order valence-corrected chi connectivity index (χ4v) is 3.88. The number of aliphatic imine (C=N–C) groups is 4. The van der Waals surface area contributed by atoms with Gasteiger partial charge in [0.15, 0.2) is 11.6 Å². The Bertz CT molecular complexity index is 1070. The molecule has 0 aliphatic carbocycles. The van der Waals surface area contributed by atoms with Crippen LogP contribution in [0.2, 0.25) is 0 Å². The zero-order chi connectivity index (χ0) is 19.5. The molecule has 4 heteroatoms. The molecule has 0 aromatic heterocycles. The first-order valence-corrected chi connectivity index (χ1v) is 9.58. The van der Waals surface area contributed by atoms with Gasteiger partial charge in [0.05, 0.1) is 23.9 Å². The minimum absolute atomic E-state index is 0.266. The van der Waals surface area contributed by atoms with Gasteiger partial charge in [-0.15, -0.1) is 0 Å². The zero-order valence-corrected chi connectivity index (χ0v) is 16.6. The van der Waals surface area contributed by atoms with E-state index in [9.17, 15) is 0 Å². The Morgan fingerprint density at radius 1 is 0.607 bits per heavy atom. The van der Waals surface area contributed by atoms with Gasteiger partial charge in [-0.05, 0) is 22.3 Å². The lowest BCUT2D eigenvalue weighted by molar-refractivity contribution is 0.724. The van der Waals surface area contributed by atoms with Crippen molar-refractivity contribution in [2.24, 2.45) is 20.0 Å². The molecule has 3 aliphatic heterocycles. The van der Waals surface area contributed by atoms with Gasteiger partial charge in [0.1, 0.15) is 0 Å². The molecule has 8 bridgehead atoms. The van der Waals surface area contributed by atoms with Crippen LogP contribution in [0.3, 0.4) is 0 Å². The van der Waals surface area contributed by atoms with Gasteiger partial charge >= 0.3 is 0 Å². The van der Waals surface area contributed by atoms with Gasteiger partial charge in [0.25, 0.3) is 0 Å². The summed E-state index contributed by atoms with van der Waals surface area (Å²) in [7, 11) is 0. The van der Waals surface area contributed by atoms with Crippen LogP contribution in [0.4, 0.5) is 0 Å². The summed E-state index contributed by atoms with van der Waals surface area (Å²) < 4.78 is 0. The van der Waals surface area contributed by atoms with Crippen molar-refractivity contribution in [3.63, 3.8) is 0 Å². The second kappa shape index (κ2) is 5.68. The van der Waals surface area contributed by atoms with E-state index in [0.29, 0.717) is 11.6 Å². The number of benzene rings is 2. The molecule has 0 spiro atoms. The van der Waals surface area contributed by atoms with Gasteiger partial charge < -0.3 is 0 Å². The van der Waals surface area contributed by atoms with Crippen molar-refractivity contribution in [3.05, 3.63) is 71.3 Å². The highest BCUT2D eigenvalue weighted by Crippen LogP contribution is 2.35. The van der Waals surface area contributed by atoms with Crippen LogP contribution in [0, 0.1) is 0 Å². The lowest BCUT2D eigenvalue weighted by Gasteiger charge is -2.26. The standard InChI is InChI=1S/C24H22N4/c1-23(2)17-9-5-7-15(11-17)16-8-6-10-18(12-16)24(3,4)20-14-26-22(28-20)21-25-13-19(23)27-21/h5-14H,1-4H3/b22-21-. The average molecular weight is 366 g/mol. The Morgan fingerprint density at radius 2 is 1.04 bits per heavy atom. The van der Waals surface area contributed by atoms with Crippen molar-refractivity contribution in [3.8, 4) is 11.1 Å². The summed E-state index contributed by atoms with van der Waals surface area (Å²) in [6.45, 7) is 8.73. The van der Waals surface area contributed by atoms with E-state index in [1.807, 2.05) is 12.4 Å². The van der Waals surface area contributed by atoms with Crippen LogP contribution in [0.25, 0.3) is 11.1 Å². The van der Waals surface area contributed by atoms with Crippen LogP contribution in [0.5, 0.6) is 0 Å². The molecule has 28 heavy (non-hydrogen) atoms. The van der Waals surface area contributed by atoms with Gasteiger partial charge in [0, 0.05) is 10.8 Å². The number of hydrogen-bond donors (Lipinski definition) is 0. The predicted molar refractivity (Wildman–Crippen MR) is 117 cm³/mol. The van der Waals surface area contributed by atoms with Crippen molar-refractivity contribution < 1.29 is 0 Å². The summed E-state index contributed by atoms with van der Waals surface area (Å²) >= 11 is 0. The maximum atomic E-state index is 4.79. The highest BCUT2D eigenvalue weighted by atomic mass is 15.1. The molecule has 0 atom stereocenters. The van der Waals surface area contributed by atoms with Crippen molar-refractivity contribution >= 4 is 23.9 Å². The van der Waals surface area contributed by atoms with Crippen molar-refractivity contribution in [1.29, 1.82) is 0 Å². The molecule has 0 radical (unpaired) electrons. The minimum Gasteiger partial charge on any atom is -0.232 e. The molecule has 0 N–H and O–H groups in total. The second-order valence-corrected chi connectivity index (χ2v) is 8.57. The summed E-state index contributed by atoms with van der Waals surface area (Å²) in [5, 5.41) is 0. The molecule has 0 fully saturated rings. The third-order valence-electron chi connectivity index (χ3n) is 6.05. The Hall–Kier alpha value is -3.14. The monoisotopic (exact) mass is 366 g/mol. The third kappa shape index (κ3) is 2.44. The van der Waals surface area contributed by atoms with E-state index < -0.39 is 0 Å². The summed E-state index contributed by atoms with van der Waals surface area (Å²) in [6, 6.07) is 17.4. The molecule has 0 unspecified atom stereocenters. The fraction of sp³-hybridized carbons (Fsp3) is 0.250. The van der Waals surface area contributed by atoms with Crippen LogP contribution in [-0.4, -0.2) is 23.9 Å². The molecule has 3 heterocycles. The van der Waals surface area contributed by atoms with Crippen molar-refractivity contribution in [2.45, 2.75) is 38.5 Å². The van der Waals surface area contributed by atoms with Gasteiger partial charge in [-0.1, -0.05) is 76.2 Å². The minimum atomic E-state index is -0.266. The third-order valence-corrected chi connectivity index (χ3v) is 6.05. The smallest absolute Gasteiger partial charge is 0.198 e. The van der Waals surface area contributed by atoms with E-state index in [2.05, 4.69) is 86.2 Å². The first-order chi connectivity index (χ1) is 13.4. The van der Waals surface area contributed by atoms with Crippen molar-refractivity contribution in [1.82, 2.24) is 0 Å². The Morgan fingerprint density at radius 3 is 1.46 bits per heavy atom. The molecule has 0 amide bonds. The van der Waals surface area contributed by atoms with E-state index in [0.717, 1.165) is 11.4 Å². The molecule has 138 valence electrons. The maximum Gasteiger partial charge on any atom is 0.198 e. The largest absolute Gasteiger partial charge is 0.232 e. The van der Waals surface area contributed by atoms with Gasteiger partial charge in [-0.25, -0.2) is 20.0 Å². The molecule has 5 rings (SSSR count). The highest BCUT2D eigenvalue weighted by molar-refractivity contribution is 6.37.